The second kappa shape index (κ2) is 4.84. The molecule has 5 heteroatoms. The third-order valence-corrected chi connectivity index (χ3v) is 5.14. The second-order valence-electron chi connectivity index (χ2n) is 5.06. The molecule has 21 heavy (non-hydrogen) atoms. The van der Waals surface area contributed by atoms with E-state index >= 15 is 0 Å². The lowest BCUT2D eigenvalue weighted by Crippen LogP contribution is -2.20. The topological polar surface area (TPSA) is 38.0 Å². The van der Waals surface area contributed by atoms with E-state index in [9.17, 15) is 0 Å². The first-order chi connectivity index (χ1) is 10.3. The first kappa shape index (κ1) is 12.8. The summed E-state index contributed by atoms with van der Waals surface area (Å²) in [7, 11) is 1.68. The molecule has 0 saturated heterocycles. The van der Waals surface area contributed by atoms with Crippen molar-refractivity contribution in [2.75, 3.05) is 20.2 Å². The Bertz CT molecular complexity index is 776. The van der Waals surface area contributed by atoms with E-state index in [0.29, 0.717) is 0 Å². The van der Waals surface area contributed by atoms with E-state index in [1.807, 2.05) is 6.07 Å². The van der Waals surface area contributed by atoms with Crippen molar-refractivity contribution in [1.29, 1.82) is 0 Å². The average molecular weight is 300 g/mol. The number of rotatable bonds is 3. The first-order valence-electron chi connectivity index (χ1n) is 7.10. The summed E-state index contributed by atoms with van der Waals surface area (Å²) in [5.41, 5.74) is 3.26. The molecule has 0 aliphatic carbocycles. The van der Waals surface area contributed by atoms with Crippen LogP contribution in [-0.4, -0.2) is 30.3 Å². The molecule has 4 nitrogen and oxygen atoms in total. The molecule has 0 fully saturated rings. The molecule has 1 aromatic heterocycles. The van der Waals surface area contributed by atoms with Crippen LogP contribution in [0.4, 0.5) is 0 Å². The highest BCUT2D eigenvalue weighted by atomic mass is 32.2. The number of nitrogens with zero attached hydrogens (tertiary/aromatic N) is 2. The van der Waals surface area contributed by atoms with E-state index in [1.54, 1.807) is 25.1 Å². The van der Waals surface area contributed by atoms with Crippen LogP contribution in [0.15, 0.2) is 38.8 Å². The summed E-state index contributed by atoms with van der Waals surface area (Å²) in [5, 5.41) is 2.20. The maximum atomic E-state index is 5.51. The van der Waals surface area contributed by atoms with Crippen molar-refractivity contribution in [1.82, 2.24) is 4.90 Å². The van der Waals surface area contributed by atoms with Crippen LogP contribution >= 0.6 is 11.8 Å². The molecule has 1 aromatic carbocycles. The fourth-order valence-electron chi connectivity index (χ4n) is 2.92. The lowest BCUT2D eigenvalue weighted by atomic mass is 10.1. The highest BCUT2D eigenvalue weighted by Crippen LogP contribution is 2.44. The lowest BCUT2D eigenvalue weighted by molar-refractivity contribution is 0.410. The fourth-order valence-corrected chi connectivity index (χ4v) is 4.06. The molecule has 4 rings (SSSR count). The second-order valence-corrected chi connectivity index (χ2v) is 6.12. The first-order valence-corrected chi connectivity index (χ1v) is 7.92. The van der Waals surface area contributed by atoms with Crippen molar-refractivity contribution >= 4 is 33.6 Å². The highest BCUT2D eigenvalue weighted by Gasteiger charge is 2.32. The highest BCUT2D eigenvalue weighted by molar-refractivity contribution is 8.17. The van der Waals surface area contributed by atoms with Gasteiger partial charge in [0.2, 0.25) is 0 Å². The van der Waals surface area contributed by atoms with Gasteiger partial charge < -0.3 is 14.1 Å². The third-order valence-electron chi connectivity index (χ3n) is 3.88. The number of thioether (sulfide) groups is 1. The van der Waals surface area contributed by atoms with Crippen molar-refractivity contribution in [3.8, 4) is 5.75 Å². The minimum absolute atomic E-state index is 0.782. The zero-order chi connectivity index (χ0) is 14.4. The summed E-state index contributed by atoms with van der Waals surface area (Å²) < 4.78 is 11.0. The van der Waals surface area contributed by atoms with E-state index in [1.165, 1.54) is 16.2 Å². The smallest absolute Gasteiger partial charge is 0.175 e. The number of methoxy groups -OCH3 is 1. The number of amidine groups is 1. The molecule has 0 spiro atoms. The van der Waals surface area contributed by atoms with Crippen LogP contribution in [0.3, 0.4) is 0 Å². The molecule has 0 amide bonds. The van der Waals surface area contributed by atoms with Gasteiger partial charge in [0, 0.05) is 22.4 Å². The minimum atomic E-state index is 0.782. The molecular weight excluding hydrogens is 284 g/mol. The molecule has 0 unspecified atom stereocenters. The summed E-state index contributed by atoms with van der Waals surface area (Å²) in [6, 6.07) is 6.22. The molecule has 0 atom stereocenters. The number of furan rings is 1. The summed E-state index contributed by atoms with van der Waals surface area (Å²) in [6.45, 7) is 4.04. The maximum Gasteiger partial charge on any atom is 0.175 e. The van der Waals surface area contributed by atoms with E-state index in [-0.39, 0.29) is 0 Å². The van der Waals surface area contributed by atoms with Gasteiger partial charge in [0.05, 0.1) is 25.6 Å². The standard InChI is InChI=1S/C16H16N2O2S/c1-3-13-14(18-6-5-17-16(18)21-13)11-8-10-4-7-20-15(10)12(9-11)19-2/h4,7-9H,3,5-6H2,1-2H3. The van der Waals surface area contributed by atoms with E-state index in [2.05, 4.69) is 28.9 Å². The van der Waals surface area contributed by atoms with Gasteiger partial charge in [-0.1, -0.05) is 18.7 Å². The van der Waals surface area contributed by atoms with Crippen molar-refractivity contribution in [3.05, 3.63) is 34.9 Å². The molecule has 0 N–H and O–H groups in total. The number of hydrogen-bond acceptors (Lipinski definition) is 5. The largest absolute Gasteiger partial charge is 0.493 e. The van der Waals surface area contributed by atoms with Gasteiger partial charge in [-0.25, -0.2) is 0 Å². The Kier molecular flexibility index (Phi) is 2.96. The van der Waals surface area contributed by atoms with Crippen LogP contribution in [-0.2, 0) is 0 Å². The Labute approximate surface area is 127 Å². The van der Waals surface area contributed by atoms with Gasteiger partial charge in [-0.05, 0) is 24.6 Å². The lowest BCUT2D eigenvalue weighted by Gasteiger charge is -2.18. The molecule has 2 aliphatic rings. The van der Waals surface area contributed by atoms with Crippen LogP contribution in [0.5, 0.6) is 5.75 Å². The molecule has 2 aromatic rings. The minimum Gasteiger partial charge on any atom is -0.493 e. The number of allylic oxidation sites excluding steroid dienone is 1. The van der Waals surface area contributed by atoms with Gasteiger partial charge in [-0.3, -0.25) is 4.99 Å². The summed E-state index contributed by atoms with van der Waals surface area (Å²) in [5.74, 6) is 0.782. The molecule has 0 saturated carbocycles. The monoisotopic (exact) mass is 300 g/mol. The number of hydrogen-bond donors (Lipinski definition) is 0. The number of benzene rings is 1. The summed E-state index contributed by atoms with van der Waals surface area (Å²) in [6.07, 6.45) is 2.72. The van der Waals surface area contributed by atoms with Gasteiger partial charge in [0.15, 0.2) is 16.5 Å². The molecule has 108 valence electrons. The van der Waals surface area contributed by atoms with Crippen molar-refractivity contribution < 1.29 is 9.15 Å². The van der Waals surface area contributed by atoms with Gasteiger partial charge >= 0.3 is 0 Å². The Morgan fingerprint density at radius 1 is 1.43 bits per heavy atom. The summed E-state index contributed by atoms with van der Waals surface area (Å²) in [4.78, 5) is 8.28. The Hall–Kier alpha value is -1.88. The van der Waals surface area contributed by atoms with Gasteiger partial charge in [0.1, 0.15) is 0 Å². The van der Waals surface area contributed by atoms with Gasteiger partial charge in [0.25, 0.3) is 0 Å². The van der Waals surface area contributed by atoms with E-state index < -0.39 is 0 Å². The molecule has 0 bridgehead atoms. The molecule has 0 radical (unpaired) electrons. The Balaban J connectivity index is 1.90. The normalized spacial score (nSPS) is 17.6. The number of fused-ring (bicyclic) bond motifs is 2. The zero-order valence-corrected chi connectivity index (χ0v) is 12.9. The van der Waals surface area contributed by atoms with Crippen molar-refractivity contribution in [2.45, 2.75) is 13.3 Å². The Morgan fingerprint density at radius 3 is 3.14 bits per heavy atom. The number of aliphatic imine (C=N–C) groups is 1. The molecule has 2 aliphatic heterocycles. The fraction of sp³-hybridized carbons (Fsp3) is 0.312. The van der Waals surface area contributed by atoms with E-state index in [0.717, 1.165) is 41.4 Å². The van der Waals surface area contributed by atoms with Crippen LogP contribution in [0.1, 0.15) is 18.9 Å². The van der Waals surface area contributed by atoms with Crippen LogP contribution in [0, 0.1) is 0 Å². The predicted octanol–water partition coefficient (Wildman–Crippen LogP) is 3.94. The van der Waals surface area contributed by atoms with Crippen molar-refractivity contribution in [3.63, 3.8) is 0 Å². The Morgan fingerprint density at radius 2 is 2.33 bits per heavy atom. The van der Waals surface area contributed by atoms with Gasteiger partial charge in [-0.15, -0.1) is 0 Å². The van der Waals surface area contributed by atoms with E-state index in [4.69, 9.17) is 9.15 Å². The third kappa shape index (κ3) is 1.87. The number of ether oxygens (including phenoxy) is 1. The van der Waals surface area contributed by atoms with Crippen LogP contribution in [0.25, 0.3) is 16.7 Å². The predicted molar refractivity (Wildman–Crippen MR) is 86.6 cm³/mol. The van der Waals surface area contributed by atoms with Crippen LogP contribution in [0.2, 0.25) is 0 Å². The SMILES string of the molecule is CCC1=C(c2cc(OC)c3occc3c2)N2CCN=C2S1. The zero-order valence-electron chi connectivity index (χ0n) is 12.0. The van der Waals surface area contributed by atoms with Crippen LogP contribution < -0.4 is 4.74 Å². The summed E-state index contributed by atoms with van der Waals surface area (Å²) >= 11 is 1.80. The quantitative estimate of drug-likeness (QED) is 0.860. The van der Waals surface area contributed by atoms with Crippen molar-refractivity contribution in [2.24, 2.45) is 4.99 Å². The average Bonchev–Trinajstić information content (AvgIpc) is 3.19. The molecule has 3 heterocycles. The molecular formula is C16H16N2O2S. The van der Waals surface area contributed by atoms with Gasteiger partial charge in [-0.2, -0.15) is 0 Å². The maximum absolute atomic E-state index is 5.51.